The van der Waals surface area contributed by atoms with Crippen LogP contribution in [-0.2, 0) is 13.5 Å². The van der Waals surface area contributed by atoms with Gasteiger partial charge in [0.15, 0.2) is 5.78 Å². The van der Waals surface area contributed by atoms with Crippen molar-refractivity contribution >= 4 is 17.4 Å². The molecule has 94 valence electrons. The van der Waals surface area contributed by atoms with Gasteiger partial charge in [0.2, 0.25) is 0 Å². The Morgan fingerprint density at radius 1 is 1.50 bits per heavy atom. The van der Waals surface area contributed by atoms with Gasteiger partial charge in [-0.3, -0.25) is 9.48 Å². The first kappa shape index (κ1) is 12.8. The van der Waals surface area contributed by atoms with Crippen LogP contribution < -0.4 is 0 Å². The molecular weight excluding hydrogens is 255 g/mol. The highest BCUT2D eigenvalue weighted by Crippen LogP contribution is 2.17. The van der Waals surface area contributed by atoms with Gasteiger partial charge in [-0.25, -0.2) is 4.39 Å². The van der Waals surface area contributed by atoms with Gasteiger partial charge in [-0.05, 0) is 30.2 Å². The first-order valence-corrected chi connectivity index (χ1v) is 5.90. The molecule has 3 nitrogen and oxygen atoms in total. The third kappa shape index (κ3) is 2.96. The summed E-state index contributed by atoms with van der Waals surface area (Å²) < 4.78 is 14.7. The summed E-state index contributed by atoms with van der Waals surface area (Å²) in [5.74, 6) is -0.568. The molecule has 1 aromatic heterocycles. The van der Waals surface area contributed by atoms with Crippen LogP contribution in [0.15, 0.2) is 30.6 Å². The van der Waals surface area contributed by atoms with Crippen molar-refractivity contribution in [2.24, 2.45) is 7.05 Å². The molecule has 0 aliphatic rings. The predicted molar refractivity (Wildman–Crippen MR) is 67.3 cm³/mol. The Balaban J connectivity index is 2.01. The van der Waals surface area contributed by atoms with E-state index in [0.717, 1.165) is 5.56 Å². The number of benzene rings is 1. The monoisotopic (exact) mass is 266 g/mol. The molecule has 0 aliphatic heterocycles. The molecule has 0 N–H and O–H groups in total. The third-order valence-corrected chi connectivity index (χ3v) is 2.93. The van der Waals surface area contributed by atoms with Crippen molar-refractivity contribution in [1.82, 2.24) is 9.78 Å². The van der Waals surface area contributed by atoms with Crippen molar-refractivity contribution in [1.29, 1.82) is 0 Å². The molecule has 0 amide bonds. The number of hydrogen-bond acceptors (Lipinski definition) is 2. The fraction of sp³-hybridized carbons (Fsp3) is 0.231. The van der Waals surface area contributed by atoms with Gasteiger partial charge in [0, 0.05) is 25.2 Å². The molecule has 0 aliphatic carbocycles. The predicted octanol–water partition coefficient (Wildman–Crippen LogP) is 3.03. The summed E-state index contributed by atoms with van der Waals surface area (Å²) in [6.07, 6.45) is 4.56. The molecule has 0 unspecified atom stereocenters. The number of rotatable bonds is 4. The summed E-state index contributed by atoms with van der Waals surface area (Å²) in [7, 11) is 1.82. The van der Waals surface area contributed by atoms with Gasteiger partial charge in [-0.1, -0.05) is 11.6 Å². The van der Waals surface area contributed by atoms with E-state index in [1.54, 1.807) is 10.9 Å². The molecule has 5 heteroatoms. The van der Waals surface area contributed by atoms with E-state index in [1.807, 2.05) is 13.2 Å². The van der Waals surface area contributed by atoms with Crippen molar-refractivity contribution < 1.29 is 9.18 Å². The Morgan fingerprint density at radius 3 is 2.89 bits per heavy atom. The van der Waals surface area contributed by atoms with E-state index in [9.17, 15) is 9.18 Å². The Labute approximate surface area is 109 Å². The van der Waals surface area contributed by atoms with Crippen molar-refractivity contribution in [2.75, 3.05) is 0 Å². The van der Waals surface area contributed by atoms with Crippen molar-refractivity contribution in [2.45, 2.75) is 12.8 Å². The highest BCUT2D eigenvalue weighted by Gasteiger charge is 2.09. The van der Waals surface area contributed by atoms with E-state index >= 15 is 0 Å². The Morgan fingerprint density at radius 2 is 2.28 bits per heavy atom. The number of carbonyl (C=O) groups excluding carboxylic acids is 1. The van der Waals surface area contributed by atoms with E-state index in [2.05, 4.69) is 5.10 Å². The van der Waals surface area contributed by atoms with Crippen LogP contribution in [0.2, 0.25) is 5.02 Å². The largest absolute Gasteiger partial charge is 0.294 e. The molecule has 1 heterocycles. The van der Waals surface area contributed by atoms with Crippen molar-refractivity contribution in [3.63, 3.8) is 0 Å². The highest BCUT2D eigenvalue weighted by molar-refractivity contribution is 6.31. The summed E-state index contributed by atoms with van der Waals surface area (Å²) in [5.41, 5.74) is 1.43. The molecule has 0 fully saturated rings. The van der Waals surface area contributed by atoms with Gasteiger partial charge >= 0.3 is 0 Å². The standard InChI is InChI=1S/C13H12ClFN2O/c1-17-8-9(7-16-17)2-5-13(18)10-3-4-12(15)11(14)6-10/h3-4,6-8H,2,5H2,1H3. The van der Waals surface area contributed by atoms with Crippen molar-refractivity contribution in [3.05, 3.63) is 52.6 Å². The minimum absolute atomic E-state index is 0.0257. The van der Waals surface area contributed by atoms with Gasteiger partial charge in [0.05, 0.1) is 11.2 Å². The number of hydrogen-bond donors (Lipinski definition) is 0. The van der Waals surface area contributed by atoms with E-state index in [0.29, 0.717) is 18.4 Å². The average molecular weight is 267 g/mol. The first-order chi connectivity index (χ1) is 8.56. The minimum atomic E-state index is -0.513. The highest BCUT2D eigenvalue weighted by atomic mass is 35.5. The molecule has 2 aromatic rings. The normalized spacial score (nSPS) is 10.6. The maximum absolute atomic E-state index is 13.0. The molecule has 0 bridgehead atoms. The number of nitrogens with zero attached hydrogens (tertiary/aromatic N) is 2. The van der Waals surface area contributed by atoms with E-state index < -0.39 is 5.82 Å². The molecule has 0 radical (unpaired) electrons. The number of carbonyl (C=O) groups is 1. The summed E-state index contributed by atoms with van der Waals surface area (Å²) in [5, 5.41) is 4.00. The van der Waals surface area contributed by atoms with Gasteiger partial charge < -0.3 is 0 Å². The van der Waals surface area contributed by atoms with Crippen LogP contribution in [0.3, 0.4) is 0 Å². The zero-order chi connectivity index (χ0) is 13.1. The third-order valence-electron chi connectivity index (χ3n) is 2.64. The van der Waals surface area contributed by atoms with Crippen LogP contribution in [0.25, 0.3) is 0 Å². The molecule has 0 atom stereocenters. The Kier molecular flexibility index (Phi) is 3.77. The summed E-state index contributed by atoms with van der Waals surface area (Å²) in [6.45, 7) is 0. The topological polar surface area (TPSA) is 34.9 Å². The van der Waals surface area contributed by atoms with Gasteiger partial charge in [0.1, 0.15) is 5.82 Å². The zero-order valence-electron chi connectivity index (χ0n) is 9.86. The molecule has 0 spiro atoms. The molecule has 18 heavy (non-hydrogen) atoms. The number of Topliss-reactive ketones (excluding diaryl/α,β-unsaturated/α-hetero) is 1. The van der Waals surface area contributed by atoms with Crippen LogP contribution in [0, 0.1) is 5.82 Å². The first-order valence-electron chi connectivity index (χ1n) is 5.52. The second kappa shape index (κ2) is 5.31. The Bertz CT molecular complexity index is 580. The van der Waals surface area contributed by atoms with Crippen LogP contribution in [-0.4, -0.2) is 15.6 Å². The lowest BCUT2D eigenvalue weighted by Crippen LogP contribution is -2.01. The molecular formula is C13H12ClFN2O. The summed E-state index contributed by atoms with van der Waals surface area (Å²) >= 11 is 5.64. The van der Waals surface area contributed by atoms with Crippen LogP contribution >= 0.6 is 11.6 Å². The Hall–Kier alpha value is -1.68. The second-order valence-electron chi connectivity index (χ2n) is 4.07. The van der Waals surface area contributed by atoms with E-state index in [-0.39, 0.29) is 10.8 Å². The van der Waals surface area contributed by atoms with Crippen molar-refractivity contribution in [3.8, 4) is 0 Å². The van der Waals surface area contributed by atoms with Crippen LogP contribution in [0.4, 0.5) is 4.39 Å². The maximum atomic E-state index is 13.0. The summed E-state index contributed by atoms with van der Waals surface area (Å²) in [4.78, 5) is 11.9. The maximum Gasteiger partial charge on any atom is 0.163 e. The number of ketones is 1. The summed E-state index contributed by atoms with van der Waals surface area (Å²) in [6, 6.07) is 4.02. The van der Waals surface area contributed by atoms with Gasteiger partial charge in [0.25, 0.3) is 0 Å². The van der Waals surface area contributed by atoms with E-state index in [1.165, 1.54) is 18.2 Å². The lowest BCUT2D eigenvalue weighted by Gasteiger charge is -2.01. The number of aryl methyl sites for hydroxylation is 2. The molecule has 1 aromatic carbocycles. The SMILES string of the molecule is Cn1cc(CCC(=O)c2ccc(F)c(Cl)c2)cn1. The quantitative estimate of drug-likeness (QED) is 0.798. The smallest absolute Gasteiger partial charge is 0.163 e. The zero-order valence-corrected chi connectivity index (χ0v) is 10.6. The van der Waals surface area contributed by atoms with Gasteiger partial charge in [-0.2, -0.15) is 5.10 Å². The van der Waals surface area contributed by atoms with Crippen LogP contribution in [0.1, 0.15) is 22.3 Å². The van der Waals surface area contributed by atoms with Crippen LogP contribution in [0.5, 0.6) is 0 Å². The fourth-order valence-corrected chi connectivity index (χ4v) is 1.85. The average Bonchev–Trinajstić information content (AvgIpc) is 2.75. The lowest BCUT2D eigenvalue weighted by molar-refractivity contribution is 0.0983. The second-order valence-corrected chi connectivity index (χ2v) is 4.48. The minimum Gasteiger partial charge on any atom is -0.294 e. The number of aromatic nitrogens is 2. The molecule has 0 saturated carbocycles. The lowest BCUT2D eigenvalue weighted by atomic mass is 10.0. The molecule has 0 saturated heterocycles. The van der Waals surface area contributed by atoms with Gasteiger partial charge in [-0.15, -0.1) is 0 Å². The fourth-order valence-electron chi connectivity index (χ4n) is 1.67. The van der Waals surface area contributed by atoms with E-state index in [4.69, 9.17) is 11.6 Å². The number of halogens is 2. The molecule has 2 rings (SSSR count).